The molecule has 0 radical (unpaired) electrons. The van der Waals surface area contributed by atoms with Gasteiger partial charge in [0.05, 0.1) is 0 Å². The summed E-state index contributed by atoms with van der Waals surface area (Å²) < 4.78 is 5.06. The van der Waals surface area contributed by atoms with Crippen LogP contribution in [0.1, 0.15) is 26.7 Å². The van der Waals surface area contributed by atoms with Gasteiger partial charge in [0.25, 0.3) is 0 Å². The zero-order chi connectivity index (χ0) is 11.7. The van der Waals surface area contributed by atoms with Crippen LogP contribution in [0.15, 0.2) is 0 Å². The highest BCUT2D eigenvalue weighted by atomic mass is 16.5. The minimum atomic E-state index is 0.385. The molecule has 0 saturated heterocycles. The van der Waals surface area contributed by atoms with Gasteiger partial charge in [0.1, 0.15) is 0 Å². The van der Waals surface area contributed by atoms with E-state index in [1.807, 2.05) is 7.05 Å². The van der Waals surface area contributed by atoms with Crippen molar-refractivity contribution >= 4 is 0 Å². The molecule has 92 valence electrons. The first-order valence-corrected chi connectivity index (χ1v) is 5.90. The molecule has 3 nitrogen and oxygen atoms in total. The summed E-state index contributed by atoms with van der Waals surface area (Å²) in [5.41, 5.74) is 0.385. The SMILES string of the molecule is CCC(C)(CNC)CN(C)CCCOC. The fourth-order valence-corrected chi connectivity index (χ4v) is 1.93. The summed E-state index contributed by atoms with van der Waals surface area (Å²) in [5, 5.41) is 3.28. The number of hydrogen-bond acceptors (Lipinski definition) is 3. The van der Waals surface area contributed by atoms with E-state index in [1.54, 1.807) is 7.11 Å². The van der Waals surface area contributed by atoms with Crippen LogP contribution in [-0.2, 0) is 4.74 Å². The minimum Gasteiger partial charge on any atom is -0.385 e. The molecule has 0 aromatic rings. The van der Waals surface area contributed by atoms with Crippen LogP contribution in [0.5, 0.6) is 0 Å². The third-order valence-electron chi connectivity index (χ3n) is 3.00. The normalized spacial score (nSPS) is 15.6. The molecule has 1 unspecified atom stereocenters. The van der Waals surface area contributed by atoms with Gasteiger partial charge in [-0.2, -0.15) is 0 Å². The van der Waals surface area contributed by atoms with Crippen molar-refractivity contribution in [3.05, 3.63) is 0 Å². The van der Waals surface area contributed by atoms with Crippen LogP contribution in [0.3, 0.4) is 0 Å². The quantitative estimate of drug-likeness (QED) is 0.592. The molecule has 3 heteroatoms. The van der Waals surface area contributed by atoms with Crippen molar-refractivity contribution in [3.8, 4) is 0 Å². The molecule has 0 spiro atoms. The van der Waals surface area contributed by atoms with Gasteiger partial charge in [0.2, 0.25) is 0 Å². The Bertz CT molecular complexity index is 153. The zero-order valence-electron chi connectivity index (χ0n) is 11.1. The molecule has 0 aliphatic rings. The first kappa shape index (κ1) is 14.9. The second-order valence-corrected chi connectivity index (χ2v) is 4.78. The molecule has 0 bridgehead atoms. The fraction of sp³-hybridized carbons (Fsp3) is 1.00. The molecule has 0 heterocycles. The Balaban J connectivity index is 3.84. The van der Waals surface area contributed by atoms with E-state index in [0.717, 1.165) is 32.7 Å². The van der Waals surface area contributed by atoms with Crippen molar-refractivity contribution in [2.24, 2.45) is 5.41 Å². The summed E-state index contributed by atoms with van der Waals surface area (Å²) in [7, 11) is 5.98. The van der Waals surface area contributed by atoms with Gasteiger partial charge in [-0.25, -0.2) is 0 Å². The van der Waals surface area contributed by atoms with Crippen LogP contribution >= 0.6 is 0 Å². The maximum Gasteiger partial charge on any atom is 0.0474 e. The Morgan fingerprint density at radius 1 is 1.40 bits per heavy atom. The lowest BCUT2D eigenvalue weighted by molar-refractivity contribution is 0.151. The molecule has 0 amide bonds. The summed E-state index contributed by atoms with van der Waals surface area (Å²) in [6, 6.07) is 0. The van der Waals surface area contributed by atoms with Crippen LogP contribution in [-0.4, -0.2) is 52.3 Å². The van der Waals surface area contributed by atoms with Crippen molar-refractivity contribution in [1.29, 1.82) is 0 Å². The Labute approximate surface area is 95.2 Å². The lowest BCUT2D eigenvalue weighted by Gasteiger charge is -2.32. The second kappa shape index (κ2) is 8.08. The van der Waals surface area contributed by atoms with Gasteiger partial charge in [-0.1, -0.05) is 13.8 Å². The van der Waals surface area contributed by atoms with Crippen molar-refractivity contribution in [2.75, 3.05) is 47.4 Å². The van der Waals surface area contributed by atoms with Crippen LogP contribution in [0.2, 0.25) is 0 Å². The number of methoxy groups -OCH3 is 1. The average Bonchev–Trinajstić information content (AvgIpc) is 2.18. The minimum absolute atomic E-state index is 0.385. The number of nitrogens with one attached hydrogen (secondary N) is 1. The Hall–Kier alpha value is -0.120. The topological polar surface area (TPSA) is 24.5 Å². The predicted octanol–water partition coefficient (Wildman–Crippen LogP) is 1.59. The van der Waals surface area contributed by atoms with E-state index in [9.17, 15) is 0 Å². The number of rotatable bonds is 9. The van der Waals surface area contributed by atoms with E-state index in [-0.39, 0.29) is 0 Å². The maximum absolute atomic E-state index is 5.06. The average molecular weight is 216 g/mol. The summed E-state index contributed by atoms with van der Waals surface area (Å²) in [6.07, 6.45) is 2.33. The molecule has 0 saturated carbocycles. The van der Waals surface area contributed by atoms with Gasteiger partial charge < -0.3 is 15.0 Å². The summed E-state index contributed by atoms with van der Waals surface area (Å²) in [5.74, 6) is 0. The van der Waals surface area contributed by atoms with Crippen LogP contribution < -0.4 is 5.32 Å². The highest BCUT2D eigenvalue weighted by Gasteiger charge is 2.22. The number of ether oxygens (including phenoxy) is 1. The third-order valence-corrected chi connectivity index (χ3v) is 3.00. The first-order valence-electron chi connectivity index (χ1n) is 5.90. The smallest absolute Gasteiger partial charge is 0.0474 e. The van der Waals surface area contributed by atoms with E-state index >= 15 is 0 Å². The molecule has 0 fully saturated rings. The summed E-state index contributed by atoms with van der Waals surface area (Å²) >= 11 is 0. The maximum atomic E-state index is 5.06. The fourth-order valence-electron chi connectivity index (χ4n) is 1.93. The Morgan fingerprint density at radius 2 is 2.07 bits per heavy atom. The molecule has 0 rings (SSSR count). The van der Waals surface area contributed by atoms with Crippen molar-refractivity contribution in [2.45, 2.75) is 26.7 Å². The molecular formula is C12H28N2O. The molecule has 1 N–H and O–H groups in total. The molecular weight excluding hydrogens is 188 g/mol. The van der Waals surface area contributed by atoms with E-state index in [0.29, 0.717) is 5.41 Å². The van der Waals surface area contributed by atoms with E-state index < -0.39 is 0 Å². The molecule has 0 aromatic heterocycles. The van der Waals surface area contributed by atoms with Crippen LogP contribution in [0.25, 0.3) is 0 Å². The number of hydrogen-bond donors (Lipinski definition) is 1. The van der Waals surface area contributed by atoms with Gasteiger partial charge in [-0.3, -0.25) is 0 Å². The lowest BCUT2D eigenvalue weighted by Crippen LogP contribution is -2.40. The highest BCUT2D eigenvalue weighted by Crippen LogP contribution is 2.20. The van der Waals surface area contributed by atoms with Gasteiger partial charge >= 0.3 is 0 Å². The first-order chi connectivity index (χ1) is 7.08. The highest BCUT2D eigenvalue weighted by molar-refractivity contribution is 4.77. The van der Waals surface area contributed by atoms with Crippen LogP contribution in [0.4, 0.5) is 0 Å². The van der Waals surface area contributed by atoms with Crippen molar-refractivity contribution in [3.63, 3.8) is 0 Å². The zero-order valence-corrected chi connectivity index (χ0v) is 11.1. The molecule has 1 atom stereocenters. The molecule has 15 heavy (non-hydrogen) atoms. The van der Waals surface area contributed by atoms with E-state index in [4.69, 9.17) is 4.74 Å². The summed E-state index contributed by atoms with van der Waals surface area (Å²) in [6.45, 7) is 8.81. The molecule has 0 aliphatic carbocycles. The Kier molecular flexibility index (Phi) is 8.02. The standard InChI is InChI=1S/C12H28N2O/c1-6-12(2,10-13-3)11-14(4)8-7-9-15-5/h13H,6-11H2,1-5H3. The Morgan fingerprint density at radius 3 is 2.53 bits per heavy atom. The van der Waals surface area contributed by atoms with Crippen molar-refractivity contribution < 1.29 is 4.74 Å². The predicted molar refractivity (Wildman–Crippen MR) is 66.3 cm³/mol. The number of nitrogens with zero attached hydrogens (tertiary/aromatic N) is 1. The van der Waals surface area contributed by atoms with Gasteiger partial charge in [0, 0.05) is 33.4 Å². The monoisotopic (exact) mass is 216 g/mol. The second-order valence-electron chi connectivity index (χ2n) is 4.78. The molecule has 0 aromatic carbocycles. The largest absolute Gasteiger partial charge is 0.385 e. The third kappa shape index (κ3) is 6.88. The lowest BCUT2D eigenvalue weighted by atomic mass is 9.87. The van der Waals surface area contributed by atoms with Gasteiger partial charge in [-0.15, -0.1) is 0 Å². The van der Waals surface area contributed by atoms with E-state index in [1.165, 1.54) is 6.42 Å². The van der Waals surface area contributed by atoms with Crippen LogP contribution in [0, 0.1) is 5.41 Å². The van der Waals surface area contributed by atoms with Gasteiger partial charge in [-0.05, 0) is 32.4 Å². The summed E-state index contributed by atoms with van der Waals surface area (Å²) in [4.78, 5) is 2.40. The van der Waals surface area contributed by atoms with Gasteiger partial charge in [0.15, 0.2) is 0 Å². The molecule has 0 aliphatic heterocycles. The van der Waals surface area contributed by atoms with Crippen molar-refractivity contribution in [1.82, 2.24) is 10.2 Å². The van der Waals surface area contributed by atoms with E-state index in [2.05, 4.69) is 31.1 Å².